The van der Waals surface area contributed by atoms with E-state index in [2.05, 4.69) is 5.32 Å². The number of anilines is 1. The van der Waals surface area contributed by atoms with Crippen LogP contribution in [0, 0.1) is 5.92 Å². The first-order valence-corrected chi connectivity index (χ1v) is 6.74. The van der Waals surface area contributed by atoms with E-state index in [0.29, 0.717) is 18.1 Å². The molecule has 0 spiro atoms. The Kier molecular flexibility index (Phi) is 3.84. The molecule has 0 radical (unpaired) electrons. The smallest absolute Gasteiger partial charge is 0.345 e. The van der Waals surface area contributed by atoms with Crippen molar-refractivity contribution in [1.29, 1.82) is 0 Å². The first-order valence-electron chi connectivity index (χ1n) is 5.93. The van der Waals surface area contributed by atoms with Crippen LogP contribution in [0.5, 0.6) is 0 Å². The van der Waals surface area contributed by atoms with E-state index in [4.69, 9.17) is 5.11 Å². The maximum Gasteiger partial charge on any atom is 0.345 e. The Bertz CT molecular complexity index is 526. The number of carboxylic acids is 1. The number of amides is 2. The van der Waals surface area contributed by atoms with Crippen LogP contribution in [-0.4, -0.2) is 40.9 Å². The molecule has 0 aliphatic carbocycles. The van der Waals surface area contributed by atoms with Gasteiger partial charge in [0, 0.05) is 19.5 Å². The van der Waals surface area contributed by atoms with E-state index in [-0.39, 0.29) is 29.0 Å². The topological polar surface area (TPSA) is 86.7 Å². The van der Waals surface area contributed by atoms with Crippen molar-refractivity contribution in [2.75, 3.05) is 18.4 Å². The lowest BCUT2D eigenvalue weighted by Gasteiger charge is -2.13. The summed E-state index contributed by atoms with van der Waals surface area (Å²) in [5, 5.41) is 11.9. The van der Waals surface area contributed by atoms with Crippen molar-refractivity contribution in [3.63, 3.8) is 0 Å². The molecule has 0 bridgehead atoms. The molecule has 0 aromatic carbocycles. The zero-order valence-corrected chi connectivity index (χ0v) is 11.2. The number of nitrogens with zero attached hydrogens (tertiary/aromatic N) is 1. The highest BCUT2D eigenvalue weighted by atomic mass is 32.1. The molecular formula is C12H14N2O4S. The van der Waals surface area contributed by atoms with Gasteiger partial charge < -0.3 is 15.3 Å². The first-order chi connectivity index (χ1) is 9.01. The number of hydrogen-bond acceptors (Lipinski definition) is 4. The fourth-order valence-corrected chi connectivity index (χ4v) is 2.74. The molecule has 1 atom stereocenters. The number of carboxylic acid groups (broad SMARTS) is 1. The number of hydrogen-bond donors (Lipinski definition) is 2. The predicted molar refractivity (Wildman–Crippen MR) is 70.3 cm³/mol. The van der Waals surface area contributed by atoms with Crippen LogP contribution in [-0.2, 0) is 9.59 Å². The van der Waals surface area contributed by atoms with Crippen LogP contribution in [0.4, 0.5) is 5.00 Å². The van der Waals surface area contributed by atoms with Crippen LogP contribution in [0.15, 0.2) is 12.1 Å². The minimum absolute atomic E-state index is 0.0138. The summed E-state index contributed by atoms with van der Waals surface area (Å²) in [5.41, 5.74) is 0. The highest BCUT2D eigenvalue weighted by Crippen LogP contribution is 2.24. The van der Waals surface area contributed by atoms with Crippen molar-refractivity contribution >= 4 is 34.1 Å². The average Bonchev–Trinajstić information content (AvgIpc) is 2.95. The van der Waals surface area contributed by atoms with Gasteiger partial charge in [-0.2, -0.15) is 0 Å². The predicted octanol–water partition coefficient (Wildman–Crippen LogP) is 1.25. The van der Waals surface area contributed by atoms with Gasteiger partial charge in [-0.05, 0) is 19.1 Å². The quantitative estimate of drug-likeness (QED) is 0.870. The third kappa shape index (κ3) is 2.93. The summed E-state index contributed by atoms with van der Waals surface area (Å²) in [7, 11) is 0. The molecule has 1 aliphatic rings. The number of carbonyl (C=O) groups is 3. The van der Waals surface area contributed by atoms with Crippen molar-refractivity contribution in [3.8, 4) is 0 Å². The molecule has 1 unspecified atom stereocenters. The highest BCUT2D eigenvalue weighted by molar-refractivity contribution is 7.18. The second-order valence-corrected chi connectivity index (χ2v) is 5.38. The van der Waals surface area contributed by atoms with E-state index in [1.807, 2.05) is 6.92 Å². The van der Waals surface area contributed by atoms with E-state index in [1.165, 1.54) is 6.07 Å². The van der Waals surface area contributed by atoms with Crippen molar-refractivity contribution in [1.82, 2.24) is 4.90 Å². The molecule has 0 saturated carbocycles. The Labute approximate surface area is 114 Å². The molecule has 2 rings (SSSR count). The van der Waals surface area contributed by atoms with Crippen molar-refractivity contribution < 1.29 is 19.5 Å². The molecule has 2 heterocycles. The van der Waals surface area contributed by atoms with Crippen LogP contribution in [0.2, 0.25) is 0 Å². The summed E-state index contributed by atoms with van der Waals surface area (Å²) in [5.74, 6) is -1.62. The Balaban J connectivity index is 1.97. The van der Waals surface area contributed by atoms with Crippen molar-refractivity contribution in [2.45, 2.75) is 13.3 Å². The summed E-state index contributed by atoms with van der Waals surface area (Å²) in [6.45, 7) is 2.90. The number of nitrogens with one attached hydrogen (secondary N) is 1. The second kappa shape index (κ2) is 5.40. The van der Waals surface area contributed by atoms with Crippen molar-refractivity contribution in [2.24, 2.45) is 5.92 Å². The number of thiophene rings is 1. The summed E-state index contributed by atoms with van der Waals surface area (Å²) in [6, 6.07) is 3.00. The zero-order chi connectivity index (χ0) is 14.0. The van der Waals surface area contributed by atoms with Crippen LogP contribution in [0.3, 0.4) is 0 Å². The lowest BCUT2D eigenvalue weighted by atomic mass is 10.1. The number of carbonyl (C=O) groups excluding carboxylic acids is 2. The summed E-state index contributed by atoms with van der Waals surface area (Å²) >= 11 is 1.01. The van der Waals surface area contributed by atoms with E-state index < -0.39 is 5.97 Å². The van der Waals surface area contributed by atoms with E-state index >= 15 is 0 Å². The fourth-order valence-electron chi connectivity index (χ4n) is 2.00. The van der Waals surface area contributed by atoms with Gasteiger partial charge in [0.25, 0.3) is 0 Å². The summed E-state index contributed by atoms with van der Waals surface area (Å²) in [6.07, 6.45) is 0.219. The van der Waals surface area contributed by atoms with Gasteiger partial charge in [-0.25, -0.2) is 4.79 Å². The molecule has 7 heteroatoms. The van der Waals surface area contributed by atoms with Gasteiger partial charge in [-0.3, -0.25) is 9.59 Å². The molecule has 1 fully saturated rings. The monoisotopic (exact) mass is 282 g/mol. The summed E-state index contributed by atoms with van der Waals surface area (Å²) in [4.78, 5) is 36.0. The third-order valence-electron chi connectivity index (χ3n) is 3.03. The molecule has 1 saturated heterocycles. The molecular weight excluding hydrogens is 268 g/mol. The highest BCUT2D eigenvalue weighted by Gasteiger charge is 2.33. The molecule has 19 heavy (non-hydrogen) atoms. The Hall–Kier alpha value is -1.89. The summed E-state index contributed by atoms with van der Waals surface area (Å²) < 4.78 is 0. The van der Waals surface area contributed by atoms with Gasteiger partial charge >= 0.3 is 5.97 Å². The fraction of sp³-hybridized carbons (Fsp3) is 0.417. The SMILES string of the molecule is CCN1CC(C(=O)Nc2ccc(C(=O)O)s2)CC1=O. The maximum atomic E-state index is 12.0. The van der Waals surface area contributed by atoms with Crippen LogP contribution in [0.1, 0.15) is 23.0 Å². The molecule has 1 aliphatic heterocycles. The van der Waals surface area contributed by atoms with Gasteiger partial charge in [0.1, 0.15) is 4.88 Å². The molecule has 1 aromatic heterocycles. The van der Waals surface area contributed by atoms with Crippen LogP contribution >= 0.6 is 11.3 Å². The van der Waals surface area contributed by atoms with Gasteiger partial charge in [-0.15, -0.1) is 11.3 Å². The average molecular weight is 282 g/mol. The maximum absolute atomic E-state index is 12.0. The first kappa shape index (κ1) is 13.5. The Morgan fingerprint density at radius 2 is 2.26 bits per heavy atom. The van der Waals surface area contributed by atoms with Crippen LogP contribution < -0.4 is 5.32 Å². The van der Waals surface area contributed by atoms with E-state index in [1.54, 1.807) is 11.0 Å². The Morgan fingerprint density at radius 3 is 2.79 bits per heavy atom. The third-order valence-corrected chi connectivity index (χ3v) is 4.02. The second-order valence-electron chi connectivity index (χ2n) is 4.29. The lowest BCUT2D eigenvalue weighted by molar-refractivity contribution is -0.128. The number of likely N-dealkylation sites (tertiary alicyclic amines) is 1. The van der Waals surface area contributed by atoms with Gasteiger partial charge in [0.15, 0.2) is 0 Å². The molecule has 2 amide bonds. The minimum Gasteiger partial charge on any atom is -0.477 e. The van der Waals surface area contributed by atoms with E-state index in [0.717, 1.165) is 11.3 Å². The minimum atomic E-state index is -1.02. The normalized spacial score (nSPS) is 18.7. The standard InChI is InChI=1S/C12H14N2O4S/c1-2-14-6-7(5-10(14)15)11(16)13-9-4-3-8(19-9)12(17)18/h3-4,7H,2,5-6H2,1H3,(H,13,16)(H,17,18). The number of rotatable bonds is 4. The molecule has 2 N–H and O–H groups in total. The largest absolute Gasteiger partial charge is 0.477 e. The van der Waals surface area contributed by atoms with Gasteiger partial charge in [0.2, 0.25) is 11.8 Å². The molecule has 1 aromatic rings. The molecule has 6 nitrogen and oxygen atoms in total. The Morgan fingerprint density at radius 1 is 1.53 bits per heavy atom. The van der Waals surface area contributed by atoms with Crippen LogP contribution in [0.25, 0.3) is 0 Å². The molecule has 102 valence electrons. The van der Waals surface area contributed by atoms with E-state index in [9.17, 15) is 14.4 Å². The van der Waals surface area contributed by atoms with Crippen molar-refractivity contribution in [3.05, 3.63) is 17.0 Å². The van der Waals surface area contributed by atoms with Gasteiger partial charge in [-0.1, -0.05) is 0 Å². The zero-order valence-electron chi connectivity index (χ0n) is 10.4. The lowest BCUT2D eigenvalue weighted by Crippen LogP contribution is -2.27. The number of aromatic carboxylic acids is 1. The van der Waals surface area contributed by atoms with Gasteiger partial charge in [0.05, 0.1) is 10.9 Å².